The Morgan fingerprint density at radius 1 is 1.18 bits per heavy atom. The van der Waals surface area contributed by atoms with Crippen molar-refractivity contribution in [1.82, 2.24) is 9.80 Å². The molecule has 1 heterocycles. The van der Waals surface area contributed by atoms with Gasteiger partial charge in [0.15, 0.2) is 0 Å². The van der Waals surface area contributed by atoms with Crippen LogP contribution in [-0.2, 0) is 0 Å². The van der Waals surface area contributed by atoms with E-state index in [4.69, 9.17) is 0 Å². The molecule has 0 bridgehead atoms. The van der Waals surface area contributed by atoms with Gasteiger partial charge in [-0.25, -0.2) is 8.78 Å². The second-order valence-electron chi connectivity index (χ2n) is 5.21. The lowest BCUT2D eigenvalue weighted by Crippen LogP contribution is -2.47. The summed E-state index contributed by atoms with van der Waals surface area (Å²) in [5.74, 6) is 0. The molecule has 1 aromatic rings. The van der Waals surface area contributed by atoms with Crippen LogP contribution in [0.2, 0.25) is 0 Å². The molecule has 1 aliphatic heterocycles. The highest BCUT2D eigenvalue weighted by Gasteiger charge is 2.18. The minimum atomic E-state index is -2.29. The Morgan fingerprint density at radius 3 is 2.45 bits per heavy atom. The molecule has 0 saturated carbocycles. The average molecular weight is 311 g/mol. The molecule has 7 heteroatoms. The van der Waals surface area contributed by atoms with Gasteiger partial charge in [-0.05, 0) is 6.07 Å². The Hall–Kier alpha value is -1.86. The van der Waals surface area contributed by atoms with Crippen molar-refractivity contribution < 1.29 is 13.7 Å². The summed E-state index contributed by atoms with van der Waals surface area (Å²) >= 11 is 0. The first-order valence-corrected chi connectivity index (χ1v) is 7.19. The first kappa shape index (κ1) is 16.5. The predicted octanol–water partition coefficient (Wildman–Crippen LogP) is 2.49. The van der Waals surface area contributed by atoms with Crippen LogP contribution >= 0.6 is 0 Å². The van der Waals surface area contributed by atoms with E-state index in [0.29, 0.717) is 25.2 Å². The minimum absolute atomic E-state index is 0.0838. The molecule has 0 radical (unpaired) electrons. The molecule has 120 valence electrons. The summed E-state index contributed by atoms with van der Waals surface area (Å²) in [6.45, 7) is 3.21. The number of rotatable bonds is 6. The van der Waals surface area contributed by atoms with Gasteiger partial charge in [-0.15, -0.1) is 0 Å². The fourth-order valence-electron chi connectivity index (χ4n) is 2.47. The molecule has 0 atom stereocenters. The molecule has 0 aromatic heterocycles. The number of halogens is 2. The largest absolute Gasteiger partial charge is 0.297 e. The van der Waals surface area contributed by atoms with Crippen LogP contribution in [0.15, 0.2) is 30.3 Å². The van der Waals surface area contributed by atoms with E-state index in [1.54, 1.807) is 29.2 Å². The first-order chi connectivity index (χ1) is 10.6. The van der Waals surface area contributed by atoms with Crippen molar-refractivity contribution in [2.24, 2.45) is 0 Å². The highest BCUT2D eigenvalue weighted by atomic mass is 19.3. The van der Waals surface area contributed by atoms with Gasteiger partial charge < -0.3 is 0 Å². The van der Waals surface area contributed by atoms with Gasteiger partial charge in [0, 0.05) is 38.8 Å². The van der Waals surface area contributed by atoms with Gasteiger partial charge in [-0.2, -0.15) is 0 Å². The molecule has 5 nitrogen and oxygen atoms in total. The molecule has 2 rings (SSSR count). The minimum Gasteiger partial charge on any atom is -0.297 e. The van der Waals surface area contributed by atoms with Gasteiger partial charge in [0.05, 0.1) is 17.0 Å². The Kier molecular flexibility index (Phi) is 5.97. The fourth-order valence-corrected chi connectivity index (χ4v) is 2.47. The van der Waals surface area contributed by atoms with Gasteiger partial charge in [-0.3, -0.25) is 19.9 Å². The lowest BCUT2D eigenvalue weighted by Gasteiger charge is -2.33. The van der Waals surface area contributed by atoms with Crippen molar-refractivity contribution in [2.75, 3.05) is 39.3 Å². The van der Waals surface area contributed by atoms with Gasteiger partial charge in [0.2, 0.25) is 0 Å². The second-order valence-corrected chi connectivity index (χ2v) is 5.21. The van der Waals surface area contributed by atoms with Crippen LogP contribution in [0, 0.1) is 10.1 Å². The van der Waals surface area contributed by atoms with Crippen LogP contribution in [0.1, 0.15) is 5.56 Å². The number of hydrogen-bond donors (Lipinski definition) is 0. The Labute approximate surface area is 128 Å². The molecule has 1 saturated heterocycles. The normalized spacial score (nSPS) is 17.4. The summed E-state index contributed by atoms with van der Waals surface area (Å²) in [5.41, 5.74) is 0.657. The zero-order valence-electron chi connectivity index (χ0n) is 12.2. The topological polar surface area (TPSA) is 49.6 Å². The Bertz CT molecular complexity index is 529. The van der Waals surface area contributed by atoms with Crippen LogP contribution in [0.25, 0.3) is 6.08 Å². The Morgan fingerprint density at radius 2 is 1.82 bits per heavy atom. The molecule has 1 aliphatic rings. The van der Waals surface area contributed by atoms with E-state index in [1.807, 2.05) is 6.08 Å². The molecule has 0 spiro atoms. The van der Waals surface area contributed by atoms with Crippen LogP contribution < -0.4 is 0 Å². The van der Waals surface area contributed by atoms with Crippen molar-refractivity contribution in [3.05, 3.63) is 46.0 Å². The van der Waals surface area contributed by atoms with Crippen molar-refractivity contribution >= 4 is 11.8 Å². The smallest absolute Gasteiger partial charge is 0.276 e. The quantitative estimate of drug-likeness (QED) is 0.598. The number of benzene rings is 1. The molecule has 1 aromatic carbocycles. The molecule has 1 fully saturated rings. The number of nitrogens with zero attached hydrogens (tertiary/aromatic N) is 3. The molecular weight excluding hydrogens is 292 g/mol. The van der Waals surface area contributed by atoms with Gasteiger partial charge in [0.25, 0.3) is 12.1 Å². The predicted molar refractivity (Wildman–Crippen MR) is 81.0 cm³/mol. The van der Waals surface area contributed by atoms with Crippen LogP contribution in [0.4, 0.5) is 14.5 Å². The lowest BCUT2D eigenvalue weighted by molar-refractivity contribution is -0.385. The zero-order chi connectivity index (χ0) is 15.9. The molecule has 0 aliphatic carbocycles. The summed E-state index contributed by atoms with van der Waals surface area (Å²) in [4.78, 5) is 14.4. The summed E-state index contributed by atoms with van der Waals surface area (Å²) in [6, 6.07) is 6.57. The monoisotopic (exact) mass is 311 g/mol. The third-order valence-corrected chi connectivity index (χ3v) is 3.66. The molecule has 22 heavy (non-hydrogen) atoms. The summed E-state index contributed by atoms with van der Waals surface area (Å²) in [7, 11) is 0. The number of alkyl halides is 2. The van der Waals surface area contributed by atoms with Crippen molar-refractivity contribution in [2.45, 2.75) is 6.43 Å². The number of piperazine rings is 1. The third kappa shape index (κ3) is 4.85. The van der Waals surface area contributed by atoms with E-state index in [2.05, 4.69) is 4.90 Å². The fraction of sp³-hybridized carbons (Fsp3) is 0.467. The van der Waals surface area contributed by atoms with Gasteiger partial charge >= 0.3 is 0 Å². The molecule has 0 amide bonds. The highest BCUT2D eigenvalue weighted by molar-refractivity contribution is 5.60. The molecule has 0 unspecified atom stereocenters. The van der Waals surface area contributed by atoms with E-state index >= 15 is 0 Å². The average Bonchev–Trinajstić information content (AvgIpc) is 2.49. The van der Waals surface area contributed by atoms with Crippen molar-refractivity contribution in [1.29, 1.82) is 0 Å². The van der Waals surface area contributed by atoms with Crippen LogP contribution in [-0.4, -0.2) is 60.4 Å². The summed E-state index contributed by atoms with van der Waals surface area (Å²) in [6.07, 6.45) is 1.33. The van der Waals surface area contributed by atoms with E-state index in [-0.39, 0.29) is 12.2 Å². The maximum absolute atomic E-state index is 12.3. The molecule has 0 N–H and O–H groups in total. The van der Waals surface area contributed by atoms with E-state index in [1.165, 1.54) is 6.07 Å². The Balaban J connectivity index is 1.83. The summed E-state index contributed by atoms with van der Waals surface area (Å²) < 4.78 is 24.6. The SMILES string of the molecule is O=[N+]([O-])c1ccccc1C=CCN1CCN(CC(F)F)CC1. The number of para-hydroxylation sites is 1. The van der Waals surface area contributed by atoms with E-state index < -0.39 is 11.3 Å². The second kappa shape index (κ2) is 7.95. The number of nitro groups is 1. The maximum Gasteiger partial charge on any atom is 0.276 e. The number of hydrogen-bond acceptors (Lipinski definition) is 4. The van der Waals surface area contributed by atoms with Crippen molar-refractivity contribution in [3.63, 3.8) is 0 Å². The zero-order valence-corrected chi connectivity index (χ0v) is 12.2. The first-order valence-electron chi connectivity index (χ1n) is 7.19. The van der Waals surface area contributed by atoms with Crippen molar-refractivity contribution in [3.8, 4) is 0 Å². The lowest BCUT2D eigenvalue weighted by atomic mass is 10.1. The summed E-state index contributed by atoms with van der Waals surface area (Å²) in [5, 5.41) is 10.9. The van der Waals surface area contributed by atoms with Crippen LogP contribution in [0.5, 0.6) is 0 Å². The highest BCUT2D eigenvalue weighted by Crippen LogP contribution is 2.19. The van der Waals surface area contributed by atoms with Gasteiger partial charge in [0.1, 0.15) is 0 Å². The van der Waals surface area contributed by atoms with E-state index in [0.717, 1.165) is 13.1 Å². The number of nitro benzene ring substituents is 1. The van der Waals surface area contributed by atoms with Gasteiger partial charge in [-0.1, -0.05) is 24.3 Å². The maximum atomic E-state index is 12.3. The molecular formula is C15H19F2N3O2. The third-order valence-electron chi connectivity index (χ3n) is 3.66. The van der Waals surface area contributed by atoms with Crippen LogP contribution in [0.3, 0.4) is 0 Å². The van der Waals surface area contributed by atoms with E-state index in [9.17, 15) is 18.9 Å². The standard InChI is InChI=1S/C15H19F2N3O2/c16-15(17)12-19-10-8-18(9-11-19)7-3-5-13-4-1-2-6-14(13)20(21)22/h1-6,15H,7-12H2.